The summed E-state index contributed by atoms with van der Waals surface area (Å²) in [5.41, 5.74) is 0.307. The largest absolute Gasteiger partial charge is 0.342 e. The highest BCUT2D eigenvalue weighted by Crippen LogP contribution is 2.01. The summed E-state index contributed by atoms with van der Waals surface area (Å²) in [4.78, 5) is 26.7. The molecule has 1 aromatic rings. The summed E-state index contributed by atoms with van der Waals surface area (Å²) < 4.78 is 0. The minimum atomic E-state index is -0.199. The Kier molecular flexibility index (Phi) is 4.55. The molecule has 0 unspecified atom stereocenters. The number of hydrogen-bond acceptors (Lipinski definition) is 2. The van der Waals surface area contributed by atoms with E-state index in [1.54, 1.807) is 11.9 Å². The third-order valence-electron chi connectivity index (χ3n) is 2.00. The number of carbonyl (C=O) groups excluding carboxylic acids is 1. The van der Waals surface area contributed by atoms with Crippen molar-refractivity contribution in [2.45, 2.75) is 6.42 Å². The molecular formula is C10H13BrN2O2. The van der Waals surface area contributed by atoms with Gasteiger partial charge in [-0.3, -0.25) is 9.59 Å². The Morgan fingerprint density at radius 1 is 1.53 bits per heavy atom. The Hall–Kier alpha value is -1.10. The van der Waals surface area contributed by atoms with Crippen LogP contribution in [0.25, 0.3) is 0 Å². The van der Waals surface area contributed by atoms with E-state index < -0.39 is 0 Å². The van der Waals surface area contributed by atoms with Gasteiger partial charge in [0.1, 0.15) is 0 Å². The lowest BCUT2D eigenvalue weighted by molar-refractivity contribution is 0.0795. The predicted octanol–water partition coefficient (Wildman–Crippen LogP) is 1.23. The van der Waals surface area contributed by atoms with Crippen molar-refractivity contribution in [2.75, 3.05) is 18.9 Å². The van der Waals surface area contributed by atoms with E-state index in [0.29, 0.717) is 12.1 Å². The van der Waals surface area contributed by atoms with Crippen LogP contribution in [-0.4, -0.2) is 34.7 Å². The fraction of sp³-hybridized carbons (Fsp3) is 0.400. The molecule has 0 saturated carbocycles. The number of halogens is 1. The minimum Gasteiger partial charge on any atom is -0.342 e. The predicted molar refractivity (Wildman–Crippen MR) is 62.4 cm³/mol. The van der Waals surface area contributed by atoms with Crippen LogP contribution in [0.2, 0.25) is 0 Å². The Morgan fingerprint density at radius 3 is 2.80 bits per heavy atom. The van der Waals surface area contributed by atoms with Gasteiger partial charge in [-0.15, -0.1) is 0 Å². The molecule has 0 aromatic carbocycles. The number of nitrogens with zero attached hydrogens (tertiary/aromatic N) is 1. The normalized spacial score (nSPS) is 10.0. The van der Waals surface area contributed by atoms with Crippen molar-refractivity contribution in [3.05, 3.63) is 34.2 Å². The standard InChI is InChI=1S/C10H13BrN2O2/c1-13(6-2-5-11)10(15)8-3-4-9(14)12-7-8/h3-4,7H,2,5-6H2,1H3,(H,12,14). The lowest BCUT2D eigenvalue weighted by Crippen LogP contribution is -2.28. The van der Waals surface area contributed by atoms with Gasteiger partial charge in [0.05, 0.1) is 5.56 Å². The summed E-state index contributed by atoms with van der Waals surface area (Å²) in [7, 11) is 1.75. The number of pyridine rings is 1. The molecule has 0 saturated heterocycles. The molecule has 0 aliphatic carbocycles. The highest BCUT2D eigenvalue weighted by Gasteiger charge is 2.10. The van der Waals surface area contributed by atoms with E-state index in [-0.39, 0.29) is 11.5 Å². The molecule has 15 heavy (non-hydrogen) atoms. The van der Waals surface area contributed by atoms with Gasteiger partial charge in [0.2, 0.25) is 5.56 Å². The van der Waals surface area contributed by atoms with Crippen LogP contribution in [0, 0.1) is 0 Å². The van der Waals surface area contributed by atoms with Crippen LogP contribution in [0.15, 0.2) is 23.1 Å². The average Bonchev–Trinajstić information content (AvgIpc) is 2.26. The number of nitrogens with one attached hydrogen (secondary N) is 1. The van der Waals surface area contributed by atoms with Crippen LogP contribution >= 0.6 is 15.9 Å². The Balaban J connectivity index is 2.67. The van der Waals surface area contributed by atoms with Gasteiger partial charge in [0.25, 0.3) is 5.91 Å². The van der Waals surface area contributed by atoms with Gasteiger partial charge in [-0.2, -0.15) is 0 Å². The van der Waals surface area contributed by atoms with Gasteiger partial charge >= 0.3 is 0 Å². The van der Waals surface area contributed by atoms with Crippen LogP contribution in [0.5, 0.6) is 0 Å². The van der Waals surface area contributed by atoms with Crippen LogP contribution in [-0.2, 0) is 0 Å². The summed E-state index contributed by atoms with van der Waals surface area (Å²) in [5, 5.41) is 0.871. The highest BCUT2D eigenvalue weighted by atomic mass is 79.9. The van der Waals surface area contributed by atoms with Gasteiger partial charge in [0.15, 0.2) is 0 Å². The zero-order valence-corrected chi connectivity index (χ0v) is 10.1. The fourth-order valence-corrected chi connectivity index (χ4v) is 1.41. The molecule has 0 bridgehead atoms. The third kappa shape index (κ3) is 3.51. The first-order valence-electron chi connectivity index (χ1n) is 4.65. The fourth-order valence-electron chi connectivity index (χ4n) is 1.16. The van der Waals surface area contributed by atoms with Gasteiger partial charge in [-0.1, -0.05) is 15.9 Å². The summed E-state index contributed by atoms with van der Waals surface area (Å²) >= 11 is 3.31. The molecule has 1 heterocycles. The summed E-state index contributed by atoms with van der Waals surface area (Å²) in [6.07, 6.45) is 2.35. The number of amides is 1. The SMILES string of the molecule is CN(CCCBr)C(=O)c1ccc(=O)[nH]c1. The molecule has 5 heteroatoms. The maximum absolute atomic E-state index is 11.8. The molecule has 1 rings (SSSR count). The van der Waals surface area contributed by atoms with Crippen molar-refractivity contribution < 1.29 is 4.79 Å². The van der Waals surface area contributed by atoms with Crippen molar-refractivity contribution in [1.82, 2.24) is 9.88 Å². The molecule has 0 radical (unpaired) electrons. The Bertz CT molecular complexity index is 369. The second kappa shape index (κ2) is 5.70. The second-order valence-electron chi connectivity index (χ2n) is 3.21. The van der Waals surface area contributed by atoms with Crippen LogP contribution < -0.4 is 5.56 Å². The number of aromatic amines is 1. The zero-order chi connectivity index (χ0) is 11.3. The van der Waals surface area contributed by atoms with Crippen molar-refractivity contribution in [3.8, 4) is 0 Å². The summed E-state index contributed by atoms with van der Waals surface area (Å²) in [5.74, 6) is -0.0767. The summed E-state index contributed by atoms with van der Waals surface area (Å²) in [6.45, 7) is 0.698. The van der Waals surface area contributed by atoms with Crippen LogP contribution in [0.1, 0.15) is 16.8 Å². The smallest absolute Gasteiger partial charge is 0.255 e. The van der Waals surface area contributed by atoms with E-state index in [4.69, 9.17) is 0 Å². The van der Waals surface area contributed by atoms with Crippen molar-refractivity contribution >= 4 is 21.8 Å². The quantitative estimate of drug-likeness (QED) is 0.839. The Labute approximate surface area is 96.4 Å². The third-order valence-corrected chi connectivity index (χ3v) is 2.57. The van der Waals surface area contributed by atoms with Gasteiger partial charge < -0.3 is 9.88 Å². The summed E-state index contributed by atoms with van der Waals surface area (Å²) in [6, 6.07) is 2.89. The van der Waals surface area contributed by atoms with Gasteiger partial charge in [0, 0.05) is 31.2 Å². The lowest BCUT2D eigenvalue weighted by Gasteiger charge is -2.16. The molecule has 82 valence electrons. The number of H-pyrrole nitrogens is 1. The van der Waals surface area contributed by atoms with Crippen molar-refractivity contribution in [1.29, 1.82) is 0 Å². The maximum atomic E-state index is 11.8. The molecule has 4 nitrogen and oxygen atoms in total. The topological polar surface area (TPSA) is 53.2 Å². The molecule has 0 aliphatic heterocycles. The van der Waals surface area contributed by atoms with E-state index in [1.165, 1.54) is 18.3 Å². The van der Waals surface area contributed by atoms with E-state index in [0.717, 1.165) is 11.8 Å². The average molecular weight is 273 g/mol. The molecule has 0 spiro atoms. The molecule has 1 aromatic heterocycles. The first-order valence-corrected chi connectivity index (χ1v) is 5.77. The van der Waals surface area contributed by atoms with E-state index in [1.807, 2.05) is 0 Å². The number of aromatic nitrogens is 1. The zero-order valence-electron chi connectivity index (χ0n) is 8.50. The number of rotatable bonds is 4. The maximum Gasteiger partial charge on any atom is 0.255 e. The van der Waals surface area contributed by atoms with Gasteiger partial charge in [-0.05, 0) is 12.5 Å². The molecule has 0 fully saturated rings. The molecular weight excluding hydrogens is 260 g/mol. The molecule has 1 amide bonds. The lowest BCUT2D eigenvalue weighted by atomic mass is 10.2. The first-order chi connectivity index (χ1) is 7.15. The van der Waals surface area contributed by atoms with E-state index in [9.17, 15) is 9.59 Å². The first kappa shape index (κ1) is 12.0. The number of carbonyl (C=O) groups is 1. The van der Waals surface area contributed by atoms with E-state index in [2.05, 4.69) is 20.9 Å². The van der Waals surface area contributed by atoms with Crippen molar-refractivity contribution in [3.63, 3.8) is 0 Å². The van der Waals surface area contributed by atoms with Crippen molar-refractivity contribution in [2.24, 2.45) is 0 Å². The monoisotopic (exact) mass is 272 g/mol. The molecule has 0 aliphatic rings. The highest BCUT2D eigenvalue weighted by molar-refractivity contribution is 9.09. The number of hydrogen-bond donors (Lipinski definition) is 1. The van der Waals surface area contributed by atoms with Crippen LogP contribution in [0.3, 0.4) is 0 Å². The van der Waals surface area contributed by atoms with Gasteiger partial charge in [-0.25, -0.2) is 0 Å². The van der Waals surface area contributed by atoms with E-state index >= 15 is 0 Å². The molecule has 1 N–H and O–H groups in total. The second-order valence-corrected chi connectivity index (χ2v) is 4.00. The number of alkyl halides is 1. The van der Waals surface area contributed by atoms with Crippen LogP contribution in [0.4, 0.5) is 0 Å². The minimum absolute atomic E-state index is 0.0767. The Morgan fingerprint density at radius 2 is 2.27 bits per heavy atom. The molecule has 0 atom stereocenters.